The highest BCUT2D eigenvalue weighted by molar-refractivity contribution is 7.90. The summed E-state index contributed by atoms with van der Waals surface area (Å²) in [5.41, 5.74) is 1.83. The van der Waals surface area contributed by atoms with Gasteiger partial charge in [0, 0.05) is 75.7 Å². The number of benzene rings is 2. The van der Waals surface area contributed by atoms with Gasteiger partial charge in [-0.25, -0.2) is 8.42 Å². The van der Waals surface area contributed by atoms with Gasteiger partial charge in [0.1, 0.15) is 11.8 Å². The van der Waals surface area contributed by atoms with Gasteiger partial charge >= 0.3 is 0 Å². The summed E-state index contributed by atoms with van der Waals surface area (Å²) < 4.78 is 43.5. The number of ether oxygens (including phenoxy) is 3. The Bertz CT molecular complexity index is 1900. The van der Waals surface area contributed by atoms with Crippen molar-refractivity contribution in [2.45, 2.75) is 32.1 Å². The van der Waals surface area contributed by atoms with Crippen LogP contribution < -0.4 is 24.2 Å². The molecule has 1 aliphatic rings. The van der Waals surface area contributed by atoms with Gasteiger partial charge < -0.3 is 24.4 Å². The number of nitrogens with zero attached hydrogens (tertiary/aromatic N) is 4. The molecular formula is C34H38Cl2N6O7S. The number of methoxy groups -OCH3 is 2. The Kier molecular flexibility index (Phi) is 13.8. The summed E-state index contributed by atoms with van der Waals surface area (Å²) in [5.74, 6) is 2.40. The molecule has 50 heavy (non-hydrogen) atoms. The van der Waals surface area contributed by atoms with Crippen molar-refractivity contribution >= 4 is 67.3 Å². The van der Waals surface area contributed by atoms with E-state index in [1.807, 2.05) is 4.72 Å². The highest BCUT2D eigenvalue weighted by Gasteiger charge is 2.24. The molecule has 2 amide bonds. The molecule has 2 heterocycles. The zero-order chi connectivity index (χ0) is 36.3. The van der Waals surface area contributed by atoms with Crippen molar-refractivity contribution in [2.24, 2.45) is 0 Å². The molecule has 1 fully saturated rings. The SMILES string of the molecule is C#CCCCC(=O)NS(=O)(=O)CCC(=O)N1CCN(CCCOc2cc3ncc(C#N)c(Nc4cc(OC)c(Cl)cc4Cl)c3cc2OC)CC1. The van der Waals surface area contributed by atoms with E-state index in [0.29, 0.717) is 107 Å². The number of aromatic nitrogens is 1. The average Bonchev–Trinajstić information content (AvgIpc) is 3.10. The highest BCUT2D eigenvalue weighted by Crippen LogP contribution is 2.40. The third kappa shape index (κ3) is 10.3. The molecule has 1 aliphatic heterocycles. The molecule has 0 bridgehead atoms. The van der Waals surface area contributed by atoms with E-state index in [1.54, 1.807) is 29.2 Å². The van der Waals surface area contributed by atoms with Crippen molar-refractivity contribution in [3.8, 4) is 35.7 Å². The number of anilines is 2. The van der Waals surface area contributed by atoms with Crippen LogP contribution in [-0.4, -0.2) is 94.3 Å². The van der Waals surface area contributed by atoms with Crippen molar-refractivity contribution < 1.29 is 32.2 Å². The number of unbranched alkanes of at least 4 members (excludes halogenated alkanes) is 1. The molecule has 4 rings (SSSR count). The first-order valence-corrected chi connectivity index (χ1v) is 18.2. The van der Waals surface area contributed by atoms with Crippen LogP contribution in [0.3, 0.4) is 0 Å². The summed E-state index contributed by atoms with van der Waals surface area (Å²) in [6.07, 6.45) is 7.89. The fourth-order valence-corrected chi connectivity index (χ4v) is 6.81. The lowest BCUT2D eigenvalue weighted by atomic mass is 10.1. The number of nitrogens with one attached hydrogen (secondary N) is 2. The number of hydrogen-bond acceptors (Lipinski definition) is 11. The van der Waals surface area contributed by atoms with E-state index in [2.05, 4.69) is 27.2 Å². The van der Waals surface area contributed by atoms with Crippen LogP contribution in [-0.2, 0) is 19.6 Å². The molecule has 0 spiro atoms. The molecule has 1 saturated heterocycles. The summed E-state index contributed by atoms with van der Waals surface area (Å²) in [6.45, 7) is 3.31. The molecular weight excluding hydrogens is 707 g/mol. The Morgan fingerprint density at radius 3 is 2.42 bits per heavy atom. The van der Waals surface area contributed by atoms with Crippen LogP contribution in [0.2, 0.25) is 10.0 Å². The van der Waals surface area contributed by atoms with Gasteiger partial charge in [0.15, 0.2) is 11.5 Å². The number of fused-ring (bicyclic) bond motifs is 1. The zero-order valence-electron chi connectivity index (χ0n) is 27.8. The minimum atomic E-state index is -3.91. The average molecular weight is 746 g/mol. The quantitative estimate of drug-likeness (QED) is 0.154. The van der Waals surface area contributed by atoms with E-state index in [0.717, 1.165) is 6.54 Å². The van der Waals surface area contributed by atoms with Gasteiger partial charge in [0.2, 0.25) is 21.8 Å². The van der Waals surface area contributed by atoms with Gasteiger partial charge in [-0.2, -0.15) is 5.26 Å². The van der Waals surface area contributed by atoms with Crippen LogP contribution in [0, 0.1) is 23.7 Å². The van der Waals surface area contributed by atoms with E-state index in [9.17, 15) is 23.3 Å². The second-order valence-corrected chi connectivity index (χ2v) is 14.0. The standard InChI is InChI=1S/C34H38Cl2N6O7S/c1-4-5-6-8-32(43)40-50(45,46)16-9-33(44)42-13-11-41(12-14-42)10-7-15-49-31-19-27-24(17-30(31)48-3)34(23(21-37)22-38-27)39-28-20-29(47-2)26(36)18-25(28)35/h1,17-20,22H,5-16H2,2-3H3,(H,38,39)(H,40,43). The number of carbonyl (C=O) groups excluding carboxylic acids is 2. The molecule has 1 aromatic heterocycles. The minimum Gasteiger partial charge on any atom is -0.495 e. The number of hydrogen-bond donors (Lipinski definition) is 2. The Hall–Kier alpha value is -4.47. The Morgan fingerprint density at radius 2 is 1.74 bits per heavy atom. The number of amides is 2. The van der Waals surface area contributed by atoms with Crippen LogP contribution >= 0.6 is 23.2 Å². The van der Waals surface area contributed by atoms with Gasteiger partial charge in [0.25, 0.3) is 0 Å². The Morgan fingerprint density at radius 1 is 1.00 bits per heavy atom. The van der Waals surface area contributed by atoms with Gasteiger partial charge in [-0.15, -0.1) is 12.3 Å². The Labute approximate surface area is 301 Å². The number of terminal acetylenes is 1. The van der Waals surface area contributed by atoms with Crippen LogP contribution in [0.5, 0.6) is 17.2 Å². The van der Waals surface area contributed by atoms with Crippen molar-refractivity contribution in [3.05, 3.63) is 46.1 Å². The summed E-state index contributed by atoms with van der Waals surface area (Å²) in [4.78, 5) is 32.8. The molecule has 0 unspecified atom stereocenters. The maximum absolute atomic E-state index is 12.7. The van der Waals surface area contributed by atoms with E-state index < -0.39 is 21.7 Å². The highest BCUT2D eigenvalue weighted by atomic mass is 35.5. The predicted octanol–water partition coefficient (Wildman–Crippen LogP) is 4.73. The molecule has 16 heteroatoms. The minimum absolute atomic E-state index is 0.0125. The van der Waals surface area contributed by atoms with Crippen molar-refractivity contribution in [1.82, 2.24) is 19.5 Å². The molecule has 0 radical (unpaired) electrons. The summed E-state index contributed by atoms with van der Waals surface area (Å²) in [6, 6.07) is 8.86. The van der Waals surface area contributed by atoms with E-state index >= 15 is 0 Å². The lowest BCUT2D eigenvalue weighted by Crippen LogP contribution is -2.49. The second kappa shape index (κ2) is 18.0. The fraction of sp³-hybridized carbons (Fsp3) is 0.412. The number of carbonyl (C=O) groups is 2. The molecule has 0 saturated carbocycles. The summed E-state index contributed by atoms with van der Waals surface area (Å²) >= 11 is 12.6. The topological polar surface area (TPSA) is 163 Å². The van der Waals surface area contributed by atoms with Gasteiger partial charge in [-0.05, 0) is 25.0 Å². The number of nitriles is 1. The Balaban J connectivity index is 1.29. The first-order valence-electron chi connectivity index (χ1n) is 15.8. The summed E-state index contributed by atoms with van der Waals surface area (Å²) in [5, 5.41) is 14.4. The lowest BCUT2D eigenvalue weighted by molar-refractivity contribution is -0.132. The van der Waals surface area contributed by atoms with Crippen molar-refractivity contribution in [3.63, 3.8) is 0 Å². The first kappa shape index (κ1) is 38.3. The predicted molar refractivity (Wildman–Crippen MR) is 192 cm³/mol. The number of rotatable bonds is 16. The van der Waals surface area contributed by atoms with Crippen LogP contribution in [0.15, 0.2) is 30.5 Å². The third-order valence-corrected chi connectivity index (χ3v) is 9.84. The molecule has 0 aliphatic carbocycles. The number of sulfonamides is 1. The van der Waals surface area contributed by atoms with Crippen molar-refractivity contribution in [2.75, 3.05) is 64.6 Å². The van der Waals surface area contributed by atoms with Gasteiger partial charge in [0.05, 0.1) is 59.1 Å². The maximum atomic E-state index is 12.7. The number of piperazine rings is 1. The monoisotopic (exact) mass is 744 g/mol. The smallest absolute Gasteiger partial charge is 0.235 e. The van der Waals surface area contributed by atoms with Crippen LogP contribution in [0.4, 0.5) is 11.4 Å². The number of halogens is 2. The molecule has 0 atom stereocenters. The molecule has 266 valence electrons. The second-order valence-electron chi connectivity index (χ2n) is 11.3. The van der Waals surface area contributed by atoms with Gasteiger partial charge in [-0.3, -0.25) is 24.2 Å². The number of pyridine rings is 1. The molecule has 2 aromatic carbocycles. The fourth-order valence-electron chi connectivity index (χ4n) is 5.31. The molecule has 3 aromatic rings. The van der Waals surface area contributed by atoms with E-state index in [1.165, 1.54) is 20.4 Å². The van der Waals surface area contributed by atoms with Gasteiger partial charge in [-0.1, -0.05) is 23.2 Å². The first-order chi connectivity index (χ1) is 24.0. The van der Waals surface area contributed by atoms with Crippen molar-refractivity contribution in [1.29, 1.82) is 5.26 Å². The zero-order valence-corrected chi connectivity index (χ0v) is 30.1. The van der Waals surface area contributed by atoms with E-state index in [-0.39, 0.29) is 18.7 Å². The normalized spacial score (nSPS) is 13.3. The van der Waals surface area contributed by atoms with Crippen LogP contribution in [0.1, 0.15) is 37.7 Å². The van der Waals surface area contributed by atoms with E-state index in [4.69, 9.17) is 43.8 Å². The third-order valence-electron chi connectivity index (χ3n) is 7.96. The molecule has 2 N–H and O–H groups in total. The molecule has 13 nitrogen and oxygen atoms in total. The van der Waals surface area contributed by atoms with Crippen LogP contribution in [0.25, 0.3) is 10.9 Å². The summed E-state index contributed by atoms with van der Waals surface area (Å²) in [7, 11) is -0.885. The maximum Gasteiger partial charge on any atom is 0.235 e. The lowest BCUT2D eigenvalue weighted by Gasteiger charge is -2.34. The largest absolute Gasteiger partial charge is 0.495 e.